The number of hydrogen-bond donors (Lipinski definition) is 2. The van der Waals surface area contributed by atoms with Crippen molar-refractivity contribution in [2.75, 3.05) is 0 Å². The van der Waals surface area contributed by atoms with Crippen LogP contribution in [0.5, 0.6) is 0 Å². The van der Waals surface area contributed by atoms with Crippen molar-refractivity contribution in [1.29, 1.82) is 0 Å². The highest BCUT2D eigenvalue weighted by Gasteiger charge is 2.31. The van der Waals surface area contributed by atoms with Gasteiger partial charge in [-0.1, -0.05) is 53.1 Å². The SMILES string of the molecule is CC.CC(C[C@H]1CC[C@@H](C)[C@H]1C)C(=O)O.CC(Cc1noc2c1CCCC2)C(=O)O. The van der Waals surface area contributed by atoms with E-state index >= 15 is 0 Å². The van der Waals surface area contributed by atoms with Crippen LogP contribution in [0.4, 0.5) is 0 Å². The first kappa shape index (κ1) is 26.2. The molecule has 2 aliphatic rings. The molecule has 2 N–H and O–H groups in total. The predicted octanol–water partition coefficient (Wildman–Crippen LogP) is 5.62. The third kappa shape index (κ3) is 7.44. The number of aromatic nitrogens is 1. The van der Waals surface area contributed by atoms with Gasteiger partial charge in [0.25, 0.3) is 0 Å². The number of carboxylic acid groups (broad SMARTS) is 2. The van der Waals surface area contributed by atoms with Crippen molar-refractivity contribution in [2.45, 2.75) is 92.9 Å². The number of carboxylic acids is 2. The molecular weight excluding hydrogens is 382 g/mol. The first-order valence-corrected chi connectivity index (χ1v) is 11.6. The third-order valence-electron chi connectivity index (χ3n) is 6.66. The van der Waals surface area contributed by atoms with Gasteiger partial charge in [-0.25, -0.2) is 0 Å². The van der Waals surface area contributed by atoms with Crippen LogP contribution in [0.3, 0.4) is 0 Å². The maximum absolute atomic E-state index is 10.7. The van der Waals surface area contributed by atoms with Gasteiger partial charge in [0.15, 0.2) is 0 Å². The van der Waals surface area contributed by atoms with Crippen LogP contribution in [0.25, 0.3) is 0 Å². The van der Waals surface area contributed by atoms with E-state index in [0.717, 1.165) is 55.0 Å². The molecule has 0 bridgehead atoms. The lowest BCUT2D eigenvalue weighted by atomic mass is 9.86. The van der Waals surface area contributed by atoms with Crippen LogP contribution in [-0.4, -0.2) is 27.3 Å². The van der Waals surface area contributed by atoms with Gasteiger partial charge >= 0.3 is 11.9 Å². The smallest absolute Gasteiger partial charge is 0.306 e. The molecule has 3 rings (SSSR count). The minimum Gasteiger partial charge on any atom is -0.481 e. The molecule has 5 atom stereocenters. The lowest BCUT2D eigenvalue weighted by Gasteiger charge is -2.19. The van der Waals surface area contributed by atoms with Gasteiger partial charge in [-0.2, -0.15) is 0 Å². The Bertz CT molecular complexity index is 669. The van der Waals surface area contributed by atoms with Crippen LogP contribution in [0, 0.1) is 29.6 Å². The van der Waals surface area contributed by atoms with Crippen LogP contribution < -0.4 is 0 Å². The van der Waals surface area contributed by atoms with Crippen LogP contribution >= 0.6 is 0 Å². The van der Waals surface area contributed by atoms with Crippen LogP contribution in [-0.2, 0) is 28.9 Å². The molecule has 0 aromatic carbocycles. The molecule has 30 heavy (non-hydrogen) atoms. The molecular formula is C24H41NO5. The molecule has 0 spiro atoms. The summed E-state index contributed by atoms with van der Waals surface area (Å²) in [6, 6.07) is 0. The molecule has 6 heteroatoms. The van der Waals surface area contributed by atoms with E-state index < -0.39 is 11.9 Å². The van der Waals surface area contributed by atoms with E-state index in [4.69, 9.17) is 14.7 Å². The minimum absolute atomic E-state index is 0.169. The van der Waals surface area contributed by atoms with E-state index in [2.05, 4.69) is 19.0 Å². The van der Waals surface area contributed by atoms with Crippen molar-refractivity contribution in [3.05, 3.63) is 17.0 Å². The average Bonchev–Trinajstić information content (AvgIpc) is 3.28. The van der Waals surface area contributed by atoms with E-state index in [1.54, 1.807) is 6.92 Å². The van der Waals surface area contributed by atoms with Crippen LogP contribution in [0.15, 0.2) is 4.52 Å². The molecule has 1 saturated carbocycles. The van der Waals surface area contributed by atoms with E-state index in [1.807, 2.05) is 20.8 Å². The molecule has 6 nitrogen and oxygen atoms in total. The Hall–Kier alpha value is -1.85. The fourth-order valence-corrected chi connectivity index (χ4v) is 4.34. The van der Waals surface area contributed by atoms with Crippen molar-refractivity contribution in [3.63, 3.8) is 0 Å². The molecule has 1 fully saturated rings. The summed E-state index contributed by atoms with van der Waals surface area (Å²) in [5, 5.41) is 21.6. The Kier molecular flexibility index (Phi) is 11.1. The average molecular weight is 424 g/mol. The third-order valence-corrected chi connectivity index (χ3v) is 6.66. The zero-order valence-electron chi connectivity index (χ0n) is 19.6. The van der Waals surface area contributed by atoms with Crippen LogP contribution in [0.1, 0.15) is 90.7 Å². The van der Waals surface area contributed by atoms with E-state index in [-0.39, 0.29) is 11.8 Å². The molecule has 172 valence electrons. The number of aliphatic carboxylic acids is 2. The summed E-state index contributed by atoms with van der Waals surface area (Å²) in [7, 11) is 0. The van der Waals surface area contributed by atoms with Gasteiger partial charge in [-0.15, -0.1) is 0 Å². The normalized spacial score (nSPS) is 24.4. The lowest BCUT2D eigenvalue weighted by Crippen LogP contribution is -2.17. The summed E-state index contributed by atoms with van der Waals surface area (Å²) in [4.78, 5) is 21.4. The first-order valence-electron chi connectivity index (χ1n) is 11.6. The van der Waals surface area contributed by atoms with Gasteiger partial charge in [-0.3, -0.25) is 9.59 Å². The van der Waals surface area contributed by atoms with Gasteiger partial charge in [-0.05, 0) is 49.9 Å². The van der Waals surface area contributed by atoms with Gasteiger partial charge in [0, 0.05) is 18.4 Å². The summed E-state index contributed by atoms with van der Waals surface area (Å²) in [6.07, 6.45) is 8.08. The Morgan fingerprint density at radius 2 is 1.63 bits per heavy atom. The van der Waals surface area contributed by atoms with E-state index in [1.165, 1.54) is 12.8 Å². The fourth-order valence-electron chi connectivity index (χ4n) is 4.34. The maximum atomic E-state index is 10.7. The Labute approximate surface area is 181 Å². The van der Waals surface area contributed by atoms with Gasteiger partial charge in [0.1, 0.15) is 5.76 Å². The second-order valence-electron chi connectivity index (χ2n) is 8.83. The highest BCUT2D eigenvalue weighted by molar-refractivity contribution is 5.70. The van der Waals surface area contributed by atoms with Crippen molar-refractivity contribution in [2.24, 2.45) is 29.6 Å². The molecule has 2 unspecified atom stereocenters. The zero-order valence-corrected chi connectivity index (χ0v) is 19.6. The second-order valence-corrected chi connectivity index (χ2v) is 8.83. The quantitative estimate of drug-likeness (QED) is 0.615. The summed E-state index contributed by atoms with van der Waals surface area (Å²) < 4.78 is 5.22. The highest BCUT2D eigenvalue weighted by atomic mass is 16.5. The predicted molar refractivity (Wildman–Crippen MR) is 117 cm³/mol. The molecule has 0 radical (unpaired) electrons. The summed E-state index contributed by atoms with van der Waals surface area (Å²) >= 11 is 0. The summed E-state index contributed by atoms with van der Waals surface area (Å²) in [5.74, 6) is 1.12. The number of aryl methyl sites for hydroxylation is 1. The Morgan fingerprint density at radius 1 is 1.03 bits per heavy atom. The summed E-state index contributed by atoms with van der Waals surface area (Å²) in [6.45, 7) is 12.1. The molecule has 1 aromatic heterocycles. The Balaban J connectivity index is 0.000000280. The van der Waals surface area contributed by atoms with Crippen molar-refractivity contribution in [3.8, 4) is 0 Å². The van der Waals surface area contributed by atoms with Crippen molar-refractivity contribution >= 4 is 11.9 Å². The molecule has 0 saturated heterocycles. The Morgan fingerprint density at radius 3 is 2.17 bits per heavy atom. The minimum atomic E-state index is -0.775. The standard InChI is InChI=1S/C11H15NO3.C11H20O2.C2H6/c1-7(11(13)14)6-9-8-4-2-3-5-10(8)15-12-9;1-7-4-5-10(9(7)3)6-8(2)11(12)13;1-2/h7H,2-6H2,1H3,(H,13,14);7-10H,4-6H2,1-3H3,(H,12,13);1-2H3/t;7-,8?,9-,10-;/m.1./s1. The summed E-state index contributed by atoms with van der Waals surface area (Å²) in [5.41, 5.74) is 2.01. The molecule has 1 aromatic rings. The van der Waals surface area contributed by atoms with Gasteiger partial charge in [0.2, 0.25) is 0 Å². The topological polar surface area (TPSA) is 101 Å². The number of nitrogens with zero attached hydrogens (tertiary/aromatic N) is 1. The number of carbonyl (C=O) groups is 2. The number of rotatable bonds is 6. The number of fused-ring (bicyclic) bond motifs is 1. The zero-order chi connectivity index (χ0) is 22.8. The number of hydrogen-bond acceptors (Lipinski definition) is 4. The first-order chi connectivity index (χ1) is 14.2. The van der Waals surface area contributed by atoms with Crippen LogP contribution in [0.2, 0.25) is 0 Å². The van der Waals surface area contributed by atoms with Gasteiger partial charge in [0.05, 0.1) is 17.5 Å². The second kappa shape index (κ2) is 12.8. The molecule has 2 aliphatic carbocycles. The molecule has 0 aliphatic heterocycles. The molecule has 0 amide bonds. The monoisotopic (exact) mass is 423 g/mol. The van der Waals surface area contributed by atoms with E-state index in [9.17, 15) is 9.59 Å². The lowest BCUT2D eigenvalue weighted by molar-refractivity contribution is -0.142. The van der Waals surface area contributed by atoms with Crippen molar-refractivity contribution in [1.82, 2.24) is 5.16 Å². The molecule has 1 heterocycles. The van der Waals surface area contributed by atoms with Gasteiger partial charge < -0.3 is 14.7 Å². The van der Waals surface area contributed by atoms with E-state index in [0.29, 0.717) is 18.3 Å². The highest BCUT2D eigenvalue weighted by Crippen LogP contribution is 2.39. The fraction of sp³-hybridized carbons (Fsp3) is 0.792. The maximum Gasteiger partial charge on any atom is 0.306 e. The van der Waals surface area contributed by atoms with Crippen molar-refractivity contribution < 1.29 is 24.3 Å². The largest absolute Gasteiger partial charge is 0.481 e.